The van der Waals surface area contributed by atoms with Gasteiger partial charge in [-0.3, -0.25) is 9.59 Å². The van der Waals surface area contributed by atoms with Gasteiger partial charge in [-0.25, -0.2) is 9.67 Å². The number of hydrogen-bond donors (Lipinski definition) is 2. The second-order valence-electron chi connectivity index (χ2n) is 5.71. The van der Waals surface area contributed by atoms with Crippen LogP contribution >= 0.6 is 0 Å². The minimum absolute atomic E-state index is 0.0505. The van der Waals surface area contributed by atoms with Crippen LogP contribution in [0.2, 0.25) is 0 Å². The number of carbonyl (C=O) groups is 2. The molecule has 0 saturated carbocycles. The summed E-state index contributed by atoms with van der Waals surface area (Å²) >= 11 is 0. The van der Waals surface area contributed by atoms with Crippen molar-refractivity contribution in [3.05, 3.63) is 72.2 Å². The largest absolute Gasteiger partial charge is 0.356 e. The molecule has 1 aromatic carbocycles. The third-order valence-electron chi connectivity index (χ3n) is 3.76. The number of aromatic nitrogens is 3. The molecule has 0 saturated heterocycles. The lowest BCUT2D eigenvalue weighted by molar-refractivity contribution is -0.118. The van der Waals surface area contributed by atoms with Crippen molar-refractivity contribution in [1.29, 1.82) is 0 Å². The Morgan fingerprint density at radius 1 is 1.08 bits per heavy atom. The van der Waals surface area contributed by atoms with Gasteiger partial charge in [0.25, 0.3) is 5.91 Å². The molecule has 132 valence electrons. The molecule has 0 bridgehead atoms. The molecule has 0 aliphatic rings. The average molecular weight is 349 g/mol. The van der Waals surface area contributed by atoms with Gasteiger partial charge in [-0.15, -0.1) is 0 Å². The Bertz CT molecular complexity index is 889. The molecule has 0 spiro atoms. The molecule has 7 nitrogen and oxygen atoms in total. The topological polar surface area (TPSA) is 88.9 Å². The Balaban J connectivity index is 1.68. The summed E-state index contributed by atoms with van der Waals surface area (Å²) in [5, 5.41) is 9.78. The maximum atomic E-state index is 12.5. The van der Waals surface area contributed by atoms with Gasteiger partial charge >= 0.3 is 0 Å². The van der Waals surface area contributed by atoms with Crippen LogP contribution in [0.1, 0.15) is 22.8 Å². The Kier molecular flexibility index (Phi) is 5.38. The lowest BCUT2D eigenvalue weighted by Gasteiger charge is -2.10. The number of anilines is 1. The summed E-state index contributed by atoms with van der Waals surface area (Å²) in [5.74, 6) is 0.281. The van der Waals surface area contributed by atoms with Crippen molar-refractivity contribution >= 4 is 17.5 Å². The predicted octanol–water partition coefficient (Wildman–Crippen LogP) is 2.20. The first-order valence-corrected chi connectivity index (χ1v) is 8.23. The lowest BCUT2D eigenvalue weighted by atomic mass is 10.1. The SMILES string of the molecule is CC(=O)NCCc1ccc(C(=O)Nc2cccnc2-n2cccn2)cc1. The van der Waals surface area contributed by atoms with Gasteiger partial charge in [0.15, 0.2) is 5.82 Å². The van der Waals surface area contributed by atoms with E-state index in [0.29, 0.717) is 30.0 Å². The minimum Gasteiger partial charge on any atom is -0.356 e. The molecule has 0 aliphatic heterocycles. The van der Waals surface area contributed by atoms with E-state index in [9.17, 15) is 9.59 Å². The zero-order valence-electron chi connectivity index (χ0n) is 14.3. The normalized spacial score (nSPS) is 10.3. The van der Waals surface area contributed by atoms with E-state index in [1.54, 1.807) is 53.6 Å². The monoisotopic (exact) mass is 349 g/mol. The van der Waals surface area contributed by atoms with Crippen molar-refractivity contribution in [2.75, 3.05) is 11.9 Å². The Morgan fingerprint density at radius 2 is 1.88 bits per heavy atom. The van der Waals surface area contributed by atoms with E-state index < -0.39 is 0 Å². The smallest absolute Gasteiger partial charge is 0.255 e. The van der Waals surface area contributed by atoms with E-state index in [4.69, 9.17) is 0 Å². The number of hydrogen-bond acceptors (Lipinski definition) is 4. The van der Waals surface area contributed by atoms with Gasteiger partial charge in [-0.1, -0.05) is 12.1 Å². The maximum absolute atomic E-state index is 12.5. The molecule has 2 N–H and O–H groups in total. The lowest BCUT2D eigenvalue weighted by Crippen LogP contribution is -2.22. The number of benzene rings is 1. The molecule has 2 amide bonds. The van der Waals surface area contributed by atoms with Crippen LogP contribution in [0.3, 0.4) is 0 Å². The van der Waals surface area contributed by atoms with Crippen LogP contribution in [0.15, 0.2) is 61.1 Å². The van der Waals surface area contributed by atoms with Gasteiger partial charge in [-0.2, -0.15) is 5.10 Å². The molecule has 0 aliphatic carbocycles. The molecule has 3 aromatic rings. The average Bonchev–Trinajstić information content (AvgIpc) is 3.17. The number of nitrogens with one attached hydrogen (secondary N) is 2. The summed E-state index contributed by atoms with van der Waals surface area (Å²) in [6.07, 6.45) is 5.78. The van der Waals surface area contributed by atoms with Crippen molar-refractivity contribution < 1.29 is 9.59 Å². The fourth-order valence-corrected chi connectivity index (χ4v) is 2.47. The quantitative estimate of drug-likeness (QED) is 0.714. The standard InChI is InChI=1S/C19H19N5O2/c1-14(25)20-12-9-15-5-7-16(8-6-15)19(26)23-17-4-2-10-21-18(17)24-13-3-11-22-24/h2-8,10-11,13H,9,12H2,1H3,(H,20,25)(H,23,26). The zero-order valence-corrected chi connectivity index (χ0v) is 14.3. The van der Waals surface area contributed by atoms with Crippen molar-refractivity contribution in [2.24, 2.45) is 0 Å². The summed E-state index contributed by atoms with van der Waals surface area (Å²) in [5.41, 5.74) is 2.17. The summed E-state index contributed by atoms with van der Waals surface area (Å²) < 4.78 is 1.60. The van der Waals surface area contributed by atoms with Gasteiger partial charge in [0.1, 0.15) is 0 Å². The van der Waals surface area contributed by atoms with Crippen molar-refractivity contribution in [1.82, 2.24) is 20.1 Å². The highest BCUT2D eigenvalue weighted by molar-refractivity contribution is 6.05. The summed E-state index contributed by atoms with van der Waals surface area (Å²) in [6, 6.07) is 12.6. The number of nitrogens with zero attached hydrogens (tertiary/aromatic N) is 3. The minimum atomic E-state index is -0.222. The second-order valence-corrected chi connectivity index (χ2v) is 5.71. The second kappa shape index (κ2) is 8.06. The Hall–Kier alpha value is -3.48. The van der Waals surface area contributed by atoms with Crippen LogP contribution in [0.4, 0.5) is 5.69 Å². The van der Waals surface area contributed by atoms with Crippen LogP contribution in [0.5, 0.6) is 0 Å². The molecule has 2 aromatic heterocycles. The highest BCUT2D eigenvalue weighted by atomic mass is 16.2. The molecule has 0 radical (unpaired) electrons. The Morgan fingerprint density at radius 3 is 2.58 bits per heavy atom. The van der Waals surface area contributed by atoms with E-state index in [0.717, 1.165) is 5.56 Å². The fourth-order valence-electron chi connectivity index (χ4n) is 2.47. The van der Waals surface area contributed by atoms with E-state index in [1.165, 1.54) is 6.92 Å². The van der Waals surface area contributed by atoms with Crippen molar-refractivity contribution in [3.8, 4) is 5.82 Å². The van der Waals surface area contributed by atoms with Gasteiger partial charge in [0.05, 0.1) is 5.69 Å². The third kappa shape index (κ3) is 4.32. The van der Waals surface area contributed by atoms with E-state index >= 15 is 0 Å². The Labute approximate surface area is 151 Å². The maximum Gasteiger partial charge on any atom is 0.255 e. The molecular formula is C19H19N5O2. The highest BCUT2D eigenvalue weighted by Crippen LogP contribution is 2.17. The van der Waals surface area contributed by atoms with Crippen LogP contribution in [-0.2, 0) is 11.2 Å². The molecule has 3 rings (SSSR count). The molecule has 0 unspecified atom stereocenters. The van der Waals surface area contributed by atoms with Crippen LogP contribution < -0.4 is 10.6 Å². The molecule has 2 heterocycles. The first-order valence-electron chi connectivity index (χ1n) is 8.23. The molecular weight excluding hydrogens is 330 g/mol. The summed E-state index contributed by atoms with van der Waals surface area (Å²) in [7, 11) is 0. The summed E-state index contributed by atoms with van der Waals surface area (Å²) in [4.78, 5) is 27.7. The van der Waals surface area contributed by atoms with Crippen molar-refractivity contribution in [2.45, 2.75) is 13.3 Å². The molecule has 7 heteroatoms. The fraction of sp³-hybridized carbons (Fsp3) is 0.158. The van der Waals surface area contributed by atoms with Crippen LogP contribution in [-0.4, -0.2) is 33.1 Å². The molecule has 0 fully saturated rings. The van der Waals surface area contributed by atoms with Crippen LogP contribution in [0, 0.1) is 0 Å². The number of amides is 2. The van der Waals surface area contributed by atoms with E-state index in [1.807, 2.05) is 12.1 Å². The number of pyridine rings is 1. The van der Waals surface area contributed by atoms with Crippen molar-refractivity contribution in [3.63, 3.8) is 0 Å². The van der Waals surface area contributed by atoms with E-state index in [-0.39, 0.29) is 11.8 Å². The summed E-state index contributed by atoms with van der Waals surface area (Å²) in [6.45, 7) is 2.06. The zero-order chi connectivity index (χ0) is 18.4. The van der Waals surface area contributed by atoms with Crippen LogP contribution in [0.25, 0.3) is 5.82 Å². The number of rotatable bonds is 6. The van der Waals surface area contributed by atoms with Gasteiger partial charge in [0, 0.05) is 37.6 Å². The van der Waals surface area contributed by atoms with E-state index in [2.05, 4.69) is 20.7 Å². The molecule has 26 heavy (non-hydrogen) atoms. The highest BCUT2D eigenvalue weighted by Gasteiger charge is 2.11. The first kappa shape index (κ1) is 17.3. The first-order chi connectivity index (χ1) is 12.6. The van der Waals surface area contributed by atoms with Gasteiger partial charge in [-0.05, 0) is 42.3 Å². The van der Waals surface area contributed by atoms with Gasteiger partial charge < -0.3 is 10.6 Å². The predicted molar refractivity (Wildman–Crippen MR) is 98.1 cm³/mol. The van der Waals surface area contributed by atoms with Gasteiger partial charge in [0.2, 0.25) is 5.91 Å². The molecule has 0 atom stereocenters. The third-order valence-corrected chi connectivity index (χ3v) is 3.76. The number of carbonyl (C=O) groups excluding carboxylic acids is 2.